The van der Waals surface area contributed by atoms with E-state index in [9.17, 15) is 18.4 Å². The van der Waals surface area contributed by atoms with Crippen molar-refractivity contribution in [2.75, 3.05) is 12.0 Å². The molecular formula is C23H14ClF2NO3S. The molecule has 0 saturated carbocycles. The predicted octanol–water partition coefficient (Wildman–Crippen LogP) is 5.70. The van der Waals surface area contributed by atoms with Crippen LogP contribution in [-0.2, 0) is 9.59 Å². The minimum atomic E-state index is -1.01. The van der Waals surface area contributed by atoms with E-state index in [1.54, 1.807) is 48.5 Å². The first-order chi connectivity index (χ1) is 14.9. The maximum Gasteiger partial charge on any atom is 0.273 e. The average molecular weight is 458 g/mol. The standard InChI is InChI=1S/C23H14ClF2NO3S/c1-30-19-5-3-2-4-16(19)20-21(31-15-9-6-13(24)7-10-15)23(29)27(22(20)28)18-11-8-14(25)12-17(18)26/h2-12H,1H3. The minimum absolute atomic E-state index is 0.0751. The van der Waals surface area contributed by atoms with Crippen molar-refractivity contribution >= 4 is 46.4 Å². The van der Waals surface area contributed by atoms with E-state index in [0.717, 1.165) is 28.8 Å². The monoisotopic (exact) mass is 457 g/mol. The summed E-state index contributed by atoms with van der Waals surface area (Å²) in [6, 6.07) is 16.2. The van der Waals surface area contributed by atoms with Gasteiger partial charge < -0.3 is 4.74 Å². The fourth-order valence-corrected chi connectivity index (χ4v) is 4.31. The van der Waals surface area contributed by atoms with Crippen LogP contribution < -0.4 is 9.64 Å². The number of thioether (sulfide) groups is 1. The van der Waals surface area contributed by atoms with E-state index in [0.29, 0.717) is 27.3 Å². The number of hydrogen-bond donors (Lipinski definition) is 0. The Labute approximate surface area is 186 Å². The summed E-state index contributed by atoms with van der Waals surface area (Å²) in [6.07, 6.45) is 0. The molecule has 0 N–H and O–H groups in total. The smallest absolute Gasteiger partial charge is 0.273 e. The van der Waals surface area contributed by atoms with Crippen LogP contribution in [0.25, 0.3) is 5.57 Å². The molecule has 1 heterocycles. The third kappa shape index (κ3) is 3.94. The normalized spacial score (nSPS) is 13.9. The number of carbonyl (C=O) groups is 2. The Hall–Kier alpha value is -3.16. The SMILES string of the molecule is COc1ccccc1C1=C(Sc2ccc(Cl)cc2)C(=O)N(c2ccc(F)cc2F)C1=O. The number of imide groups is 1. The van der Waals surface area contributed by atoms with Crippen LogP contribution in [0.5, 0.6) is 5.75 Å². The van der Waals surface area contributed by atoms with Crippen LogP contribution in [0.1, 0.15) is 5.56 Å². The van der Waals surface area contributed by atoms with Crippen molar-refractivity contribution in [2.45, 2.75) is 4.90 Å². The van der Waals surface area contributed by atoms with Crippen molar-refractivity contribution in [1.29, 1.82) is 0 Å². The highest BCUT2D eigenvalue weighted by Gasteiger charge is 2.42. The highest BCUT2D eigenvalue weighted by Crippen LogP contribution is 2.44. The van der Waals surface area contributed by atoms with Crippen molar-refractivity contribution in [3.05, 3.63) is 93.9 Å². The maximum absolute atomic E-state index is 14.5. The third-order valence-electron chi connectivity index (χ3n) is 4.60. The average Bonchev–Trinajstić information content (AvgIpc) is 2.99. The van der Waals surface area contributed by atoms with Gasteiger partial charge in [-0.2, -0.15) is 0 Å². The molecule has 31 heavy (non-hydrogen) atoms. The Morgan fingerprint density at radius 1 is 0.935 bits per heavy atom. The number of hydrogen-bond acceptors (Lipinski definition) is 4. The molecule has 0 saturated heterocycles. The zero-order chi connectivity index (χ0) is 22.1. The minimum Gasteiger partial charge on any atom is -0.496 e. The van der Waals surface area contributed by atoms with Gasteiger partial charge in [0.2, 0.25) is 0 Å². The van der Waals surface area contributed by atoms with Gasteiger partial charge in [-0.25, -0.2) is 13.7 Å². The Bertz CT molecular complexity index is 1230. The number of nitrogens with zero attached hydrogens (tertiary/aromatic N) is 1. The lowest BCUT2D eigenvalue weighted by atomic mass is 10.0. The Balaban J connectivity index is 1.87. The van der Waals surface area contributed by atoms with E-state index in [-0.39, 0.29) is 16.2 Å². The van der Waals surface area contributed by atoms with Crippen molar-refractivity contribution in [1.82, 2.24) is 0 Å². The van der Waals surface area contributed by atoms with Crippen molar-refractivity contribution in [3.63, 3.8) is 0 Å². The molecule has 0 spiro atoms. The number of anilines is 1. The van der Waals surface area contributed by atoms with Gasteiger partial charge in [0.05, 0.1) is 23.3 Å². The summed E-state index contributed by atoms with van der Waals surface area (Å²) >= 11 is 7.00. The molecule has 3 aromatic carbocycles. The molecular weight excluding hydrogens is 444 g/mol. The molecule has 4 nitrogen and oxygen atoms in total. The summed E-state index contributed by atoms with van der Waals surface area (Å²) in [5.74, 6) is -2.88. The van der Waals surface area contributed by atoms with Crippen LogP contribution in [0.4, 0.5) is 14.5 Å². The molecule has 4 rings (SSSR count). The van der Waals surface area contributed by atoms with E-state index < -0.39 is 23.4 Å². The fourth-order valence-electron chi connectivity index (χ4n) is 3.19. The van der Waals surface area contributed by atoms with Gasteiger partial charge in [0.1, 0.15) is 17.4 Å². The topological polar surface area (TPSA) is 46.6 Å². The zero-order valence-electron chi connectivity index (χ0n) is 16.1. The summed E-state index contributed by atoms with van der Waals surface area (Å²) in [7, 11) is 1.45. The molecule has 1 aliphatic heterocycles. The number of amides is 2. The first-order valence-electron chi connectivity index (χ1n) is 9.05. The van der Waals surface area contributed by atoms with Gasteiger partial charge in [-0.15, -0.1) is 0 Å². The summed E-state index contributed by atoms with van der Waals surface area (Å²) in [5, 5.41) is 0.520. The highest BCUT2D eigenvalue weighted by molar-refractivity contribution is 8.04. The van der Waals surface area contributed by atoms with Crippen LogP contribution in [0, 0.1) is 11.6 Å². The Morgan fingerprint density at radius 2 is 1.65 bits per heavy atom. The van der Waals surface area contributed by atoms with Gasteiger partial charge in [0.15, 0.2) is 0 Å². The number of benzene rings is 3. The third-order valence-corrected chi connectivity index (χ3v) is 5.94. The molecule has 1 aliphatic rings. The van der Waals surface area contributed by atoms with Gasteiger partial charge in [-0.05, 0) is 42.5 Å². The van der Waals surface area contributed by atoms with E-state index in [1.165, 1.54) is 7.11 Å². The van der Waals surface area contributed by atoms with Gasteiger partial charge >= 0.3 is 0 Å². The molecule has 0 aromatic heterocycles. The summed E-state index contributed by atoms with van der Waals surface area (Å²) in [5.41, 5.74) is 0.145. The van der Waals surface area contributed by atoms with E-state index >= 15 is 0 Å². The first-order valence-corrected chi connectivity index (χ1v) is 10.2. The van der Waals surface area contributed by atoms with E-state index in [2.05, 4.69) is 0 Å². The summed E-state index contributed by atoms with van der Waals surface area (Å²) in [6.45, 7) is 0. The maximum atomic E-state index is 14.5. The Kier molecular flexibility index (Phi) is 5.80. The van der Waals surface area contributed by atoms with Crippen molar-refractivity contribution in [3.8, 4) is 5.75 Å². The number of rotatable bonds is 5. The van der Waals surface area contributed by atoms with Gasteiger partial charge in [-0.1, -0.05) is 41.6 Å². The second-order valence-electron chi connectivity index (χ2n) is 6.50. The molecule has 8 heteroatoms. The molecule has 0 unspecified atom stereocenters. The molecule has 0 radical (unpaired) electrons. The fraction of sp³-hybridized carbons (Fsp3) is 0.0435. The lowest BCUT2D eigenvalue weighted by molar-refractivity contribution is -0.119. The van der Waals surface area contributed by atoms with Crippen LogP contribution in [-0.4, -0.2) is 18.9 Å². The Morgan fingerprint density at radius 3 is 2.32 bits per heavy atom. The number of ether oxygens (including phenoxy) is 1. The molecule has 0 atom stereocenters. The quantitative estimate of drug-likeness (QED) is 0.461. The second kappa shape index (κ2) is 8.53. The molecule has 3 aromatic rings. The van der Waals surface area contributed by atoms with E-state index in [4.69, 9.17) is 16.3 Å². The lowest BCUT2D eigenvalue weighted by Gasteiger charge is -2.16. The number of carbonyl (C=O) groups excluding carboxylic acids is 2. The molecule has 156 valence electrons. The van der Waals surface area contributed by atoms with Crippen LogP contribution >= 0.6 is 23.4 Å². The molecule has 0 bridgehead atoms. The molecule has 0 fully saturated rings. The first kappa shape index (κ1) is 21.1. The van der Waals surface area contributed by atoms with Gasteiger partial charge in [0, 0.05) is 21.5 Å². The number of para-hydroxylation sites is 1. The predicted molar refractivity (Wildman–Crippen MR) is 116 cm³/mol. The number of methoxy groups -OCH3 is 1. The summed E-state index contributed by atoms with van der Waals surface area (Å²) in [4.78, 5) is 28.2. The van der Waals surface area contributed by atoms with Crippen LogP contribution in [0.15, 0.2) is 76.5 Å². The van der Waals surface area contributed by atoms with Gasteiger partial charge in [-0.3, -0.25) is 9.59 Å². The van der Waals surface area contributed by atoms with E-state index in [1.807, 2.05) is 0 Å². The largest absolute Gasteiger partial charge is 0.496 e. The number of halogens is 3. The van der Waals surface area contributed by atoms with Crippen molar-refractivity contribution < 1.29 is 23.1 Å². The van der Waals surface area contributed by atoms with Crippen LogP contribution in [0.3, 0.4) is 0 Å². The summed E-state index contributed by atoms with van der Waals surface area (Å²) < 4.78 is 33.2. The second-order valence-corrected chi connectivity index (χ2v) is 8.02. The molecule has 0 aliphatic carbocycles. The van der Waals surface area contributed by atoms with Gasteiger partial charge in [0.25, 0.3) is 11.8 Å². The zero-order valence-corrected chi connectivity index (χ0v) is 17.6. The van der Waals surface area contributed by atoms with Crippen molar-refractivity contribution in [2.24, 2.45) is 0 Å². The van der Waals surface area contributed by atoms with Crippen LogP contribution in [0.2, 0.25) is 5.02 Å². The molecule has 2 amide bonds. The lowest BCUT2D eigenvalue weighted by Crippen LogP contribution is -2.32. The highest BCUT2D eigenvalue weighted by atomic mass is 35.5.